The molecule has 12 heavy (non-hydrogen) atoms. The molecule has 0 radical (unpaired) electrons. The summed E-state index contributed by atoms with van der Waals surface area (Å²) in [4.78, 5) is 12.2. The van der Waals surface area contributed by atoms with Crippen molar-refractivity contribution in [1.82, 2.24) is 9.89 Å². The van der Waals surface area contributed by atoms with Gasteiger partial charge in [-0.05, 0) is 15.9 Å². The molecule has 5 nitrogen and oxygen atoms in total. The Hall–Kier alpha value is -0.880. The van der Waals surface area contributed by atoms with Gasteiger partial charge in [0.15, 0.2) is 0 Å². The van der Waals surface area contributed by atoms with E-state index < -0.39 is 0 Å². The van der Waals surface area contributed by atoms with Crippen LogP contribution in [0.4, 0.5) is 0 Å². The van der Waals surface area contributed by atoms with Crippen molar-refractivity contribution in [3.63, 3.8) is 0 Å². The molecule has 0 atom stereocenters. The number of hydrogen-bond acceptors (Lipinski definition) is 3. The van der Waals surface area contributed by atoms with Crippen molar-refractivity contribution in [2.45, 2.75) is 0 Å². The first-order chi connectivity index (χ1) is 5.72. The lowest BCUT2D eigenvalue weighted by molar-refractivity contribution is -0.120. The Morgan fingerprint density at radius 3 is 3.17 bits per heavy atom. The number of aromatic nitrogens is 2. The molecule has 1 aromatic heterocycles. The van der Waals surface area contributed by atoms with Crippen molar-refractivity contribution >= 4 is 21.8 Å². The highest BCUT2D eigenvalue weighted by Gasteiger charge is 2.00. The average molecular weight is 234 g/mol. The molecule has 1 aromatic rings. The number of rotatable bonds is 3. The summed E-state index contributed by atoms with van der Waals surface area (Å²) in [5.74, 6) is -0.242. The second kappa shape index (κ2) is 4.22. The van der Waals surface area contributed by atoms with E-state index in [1.54, 1.807) is 12.4 Å². The Kier molecular flexibility index (Phi) is 3.24. The number of amides is 1. The maximum absolute atomic E-state index is 10.9. The fourth-order valence-corrected chi connectivity index (χ4v) is 0.939. The van der Waals surface area contributed by atoms with Gasteiger partial charge in [0, 0.05) is 7.11 Å². The van der Waals surface area contributed by atoms with Crippen LogP contribution in [0.2, 0.25) is 0 Å². The number of halogens is 1. The molecule has 0 fully saturated rings. The average Bonchev–Trinajstić information content (AvgIpc) is 2.36. The van der Waals surface area contributed by atoms with Crippen molar-refractivity contribution in [2.24, 2.45) is 0 Å². The van der Waals surface area contributed by atoms with Gasteiger partial charge in [-0.25, -0.2) is 5.43 Å². The van der Waals surface area contributed by atoms with E-state index >= 15 is 0 Å². The summed E-state index contributed by atoms with van der Waals surface area (Å²) in [7, 11) is 1.46. The fourth-order valence-electron chi connectivity index (χ4n) is 0.653. The predicted octanol–water partition coefficient (Wildman–Crippen LogP) is 0.362. The summed E-state index contributed by atoms with van der Waals surface area (Å²) in [6.45, 7) is 0.0253. The Bertz CT molecular complexity index is 274. The minimum Gasteiger partial charge on any atom is -0.375 e. The lowest BCUT2D eigenvalue weighted by Crippen LogP contribution is -2.26. The monoisotopic (exact) mass is 233 g/mol. The highest BCUT2D eigenvalue weighted by Crippen LogP contribution is 2.04. The first kappa shape index (κ1) is 9.21. The fraction of sp³-hybridized carbons (Fsp3) is 0.333. The topological polar surface area (TPSA) is 56.1 Å². The van der Waals surface area contributed by atoms with Crippen LogP contribution in [0.3, 0.4) is 0 Å². The van der Waals surface area contributed by atoms with Crippen LogP contribution in [0.5, 0.6) is 0 Å². The van der Waals surface area contributed by atoms with Crippen molar-refractivity contribution in [3.8, 4) is 0 Å². The molecule has 0 saturated carbocycles. The van der Waals surface area contributed by atoms with Gasteiger partial charge >= 0.3 is 0 Å². The predicted molar refractivity (Wildman–Crippen MR) is 46.2 cm³/mol. The number of methoxy groups -OCH3 is 1. The molecule has 1 N–H and O–H groups in total. The van der Waals surface area contributed by atoms with Gasteiger partial charge < -0.3 is 4.74 Å². The summed E-state index contributed by atoms with van der Waals surface area (Å²) >= 11 is 3.20. The minimum atomic E-state index is -0.242. The van der Waals surface area contributed by atoms with Crippen LogP contribution in [0, 0.1) is 0 Å². The molecule has 6 heteroatoms. The second-order valence-corrected chi connectivity index (χ2v) is 2.99. The lowest BCUT2D eigenvalue weighted by atomic mass is 10.7. The SMILES string of the molecule is COCC(=O)Nn1cc(Br)cn1. The van der Waals surface area contributed by atoms with Crippen molar-refractivity contribution in [1.29, 1.82) is 0 Å². The summed E-state index contributed by atoms with van der Waals surface area (Å²) in [6.07, 6.45) is 3.21. The Labute approximate surface area is 77.8 Å². The molecule has 0 aliphatic rings. The standard InChI is InChI=1S/C6H8BrN3O2/c1-12-4-6(11)9-10-3-5(7)2-8-10/h2-3H,4H2,1H3,(H,9,11). The lowest BCUT2D eigenvalue weighted by Gasteiger charge is -2.02. The van der Waals surface area contributed by atoms with Gasteiger partial charge in [0.2, 0.25) is 0 Å². The molecule has 0 spiro atoms. The summed E-state index contributed by atoms with van der Waals surface area (Å²) in [5, 5.41) is 3.82. The molecule has 0 bridgehead atoms. The maximum atomic E-state index is 10.9. The van der Waals surface area contributed by atoms with E-state index in [9.17, 15) is 4.79 Å². The highest BCUT2D eigenvalue weighted by molar-refractivity contribution is 9.10. The normalized spacial score (nSPS) is 9.83. The molecule has 1 rings (SSSR count). The van der Waals surface area contributed by atoms with Gasteiger partial charge in [0.1, 0.15) is 6.61 Å². The first-order valence-electron chi connectivity index (χ1n) is 3.21. The van der Waals surface area contributed by atoms with Crippen LogP contribution in [-0.2, 0) is 9.53 Å². The zero-order valence-corrected chi connectivity index (χ0v) is 8.04. The van der Waals surface area contributed by atoms with E-state index in [1.807, 2.05) is 0 Å². The molecule has 0 aliphatic carbocycles. The summed E-state index contributed by atoms with van der Waals surface area (Å²) in [5.41, 5.74) is 2.48. The van der Waals surface area contributed by atoms with Crippen molar-refractivity contribution in [3.05, 3.63) is 16.9 Å². The minimum absolute atomic E-state index is 0.0253. The highest BCUT2D eigenvalue weighted by atomic mass is 79.9. The first-order valence-corrected chi connectivity index (χ1v) is 4.00. The third-order valence-electron chi connectivity index (χ3n) is 1.07. The number of ether oxygens (including phenoxy) is 1. The molecule has 0 aliphatic heterocycles. The Balaban J connectivity index is 2.46. The van der Waals surface area contributed by atoms with Crippen LogP contribution >= 0.6 is 15.9 Å². The van der Waals surface area contributed by atoms with Gasteiger partial charge in [-0.3, -0.25) is 4.79 Å². The number of carbonyl (C=O) groups excluding carboxylic acids is 1. The summed E-state index contributed by atoms with van der Waals surface area (Å²) < 4.78 is 5.42. The van der Waals surface area contributed by atoms with Gasteiger partial charge in [0.25, 0.3) is 5.91 Å². The van der Waals surface area contributed by atoms with Crippen LogP contribution in [-0.4, -0.2) is 29.5 Å². The molecular weight excluding hydrogens is 226 g/mol. The second-order valence-electron chi connectivity index (χ2n) is 2.07. The molecule has 0 saturated heterocycles. The molecule has 1 heterocycles. The third kappa shape index (κ3) is 2.63. The van der Waals surface area contributed by atoms with E-state index in [4.69, 9.17) is 0 Å². The van der Waals surface area contributed by atoms with Crippen LogP contribution in [0.25, 0.3) is 0 Å². The number of nitrogens with zero attached hydrogens (tertiary/aromatic N) is 2. The molecule has 66 valence electrons. The number of hydrogen-bond donors (Lipinski definition) is 1. The largest absolute Gasteiger partial charge is 0.375 e. The van der Waals surface area contributed by atoms with E-state index in [-0.39, 0.29) is 12.5 Å². The van der Waals surface area contributed by atoms with E-state index in [0.717, 1.165) is 4.47 Å². The van der Waals surface area contributed by atoms with E-state index in [2.05, 4.69) is 31.2 Å². The van der Waals surface area contributed by atoms with Gasteiger partial charge in [-0.15, -0.1) is 0 Å². The van der Waals surface area contributed by atoms with Crippen LogP contribution in [0.15, 0.2) is 16.9 Å². The Morgan fingerprint density at radius 2 is 2.67 bits per heavy atom. The maximum Gasteiger partial charge on any atom is 0.266 e. The van der Waals surface area contributed by atoms with Crippen molar-refractivity contribution in [2.75, 3.05) is 19.1 Å². The zero-order chi connectivity index (χ0) is 8.97. The molecule has 0 unspecified atom stereocenters. The van der Waals surface area contributed by atoms with E-state index in [1.165, 1.54) is 11.9 Å². The molecule has 1 amide bonds. The van der Waals surface area contributed by atoms with Gasteiger partial charge in [-0.1, -0.05) is 0 Å². The number of nitrogens with one attached hydrogen (secondary N) is 1. The van der Waals surface area contributed by atoms with Gasteiger partial charge in [-0.2, -0.15) is 9.89 Å². The quantitative estimate of drug-likeness (QED) is 0.821. The molecular formula is C6H8BrN3O2. The smallest absolute Gasteiger partial charge is 0.266 e. The summed E-state index contributed by atoms with van der Waals surface area (Å²) in [6, 6.07) is 0. The van der Waals surface area contributed by atoms with Gasteiger partial charge in [0.05, 0.1) is 16.9 Å². The number of carbonyl (C=O) groups is 1. The molecule has 0 aromatic carbocycles. The van der Waals surface area contributed by atoms with Crippen molar-refractivity contribution < 1.29 is 9.53 Å². The van der Waals surface area contributed by atoms with Crippen LogP contribution < -0.4 is 5.43 Å². The third-order valence-corrected chi connectivity index (χ3v) is 1.48. The van der Waals surface area contributed by atoms with E-state index in [0.29, 0.717) is 0 Å². The Morgan fingerprint density at radius 1 is 1.92 bits per heavy atom. The van der Waals surface area contributed by atoms with Crippen LogP contribution in [0.1, 0.15) is 0 Å². The zero-order valence-electron chi connectivity index (χ0n) is 6.45.